The molecule has 0 saturated carbocycles. The number of H-pyrrole nitrogens is 1. The normalized spacial score (nSPS) is 11.7. The van der Waals surface area contributed by atoms with E-state index in [1.165, 1.54) is 22.9 Å². The van der Waals surface area contributed by atoms with E-state index in [0.717, 1.165) is 17.0 Å². The lowest BCUT2D eigenvalue weighted by Crippen LogP contribution is -2.10. The Hall–Kier alpha value is -2.93. The van der Waals surface area contributed by atoms with Crippen LogP contribution in [0.1, 0.15) is 37.8 Å². The van der Waals surface area contributed by atoms with E-state index in [1.54, 1.807) is 0 Å². The van der Waals surface area contributed by atoms with Crippen LogP contribution in [0, 0.1) is 6.92 Å². The van der Waals surface area contributed by atoms with E-state index in [1.807, 2.05) is 24.3 Å². The zero-order chi connectivity index (χ0) is 20.4. The van der Waals surface area contributed by atoms with Crippen LogP contribution in [0.5, 0.6) is 0 Å². The molecule has 148 valence electrons. The number of nitrogens with zero attached hydrogens (tertiary/aromatic N) is 4. The summed E-state index contributed by atoms with van der Waals surface area (Å²) in [5, 5.41) is 16.2. The Balaban J connectivity index is 1.41. The maximum Gasteiger partial charge on any atom is 0.247 e. The Morgan fingerprint density at radius 3 is 2.52 bits per heavy atom. The van der Waals surface area contributed by atoms with Gasteiger partial charge >= 0.3 is 0 Å². The van der Waals surface area contributed by atoms with Gasteiger partial charge in [-0.3, -0.25) is 5.10 Å². The number of hydrogen-bond donors (Lipinski definition) is 1. The van der Waals surface area contributed by atoms with Crippen molar-refractivity contribution in [3.63, 3.8) is 0 Å². The molecule has 2 heterocycles. The molecule has 4 rings (SSSR count). The predicted molar refractivity (Wildman–Crippen MR) is 115 cm³/mol. The SMILES string of the molecule is Cc1cccc(-c2nc(SCc3nnc(-c4ccc(C(C)(C)C)cc4)o3)n[nH]2)c1. The molecule has 0 aliphatic rings. The molecule has 0 atom stereocenters. The number of rotatable bonds is 5. The molecular weight excluding hydrogens is 382 g/mol. The molecule has 4 aromatic rings. The Kier molecular flexibility index (Phi) is 5.24. The zero-order valence-corrected chi connectivity index (χ0v) is 17.7. The van der Waals surface area contributed by atoms with Crippen LogP contribution in [-0.2, 0) is 11.2 Å². The summed E-state index contributed by atoms with van der Waals surface area (Å²) >= 11 is 1.46. The van der Waals surface area contributed by atoms with E-state index in [0.29, 0.717) is 22.7 Å². The van der Waals surface area contributed by atoms with Crippen molar-refractivity contribution in [2.24, 2.45) is 0 Å². The summed E-state index contributed by atoms with van der Waals surface area (Å²) in [5.41, 5.74) is 4.50. The molecule has 0 aliphatic heterocycles. The average Bonchev–Trinajstić information content (AvgIpc) is 3.35. The fourth-order valence-electron chi connectivity index (χ4n) is 2.90. The molecule has 0 unspecified atom stereocenters. The fourth-order valence-corrected chi connectivity index (χ4v) is 3.54. The minimum atomic E-state index is 0.114. The second kappa shape index (κ2) is 7.83. The van der Waals surface area contributed by atoms with Crippen molar-refractivity contribution in [3.05, 3.63) is 65.5 Å². The summed E-state index contributed by atoms with van der Waals surface area (Å²) in [6.45, 7) is 8.63. The molecule has 1 N–H and O–H groups in total. The highest BCUT2D eigenvalue weighted by molar-refractivity contribution is 7.98. The van der Waals surface area contributed by atoms with Crippen molar-refractivity contribution in [1.29, 1.82) is 0 Å². The third kappa shape index (κ3) is 4.56. The first-order valence-electron chi connectivity index (χ1n) is 9.44. The number of aromatic nitrogens is 5. The number of hydrogen-bond acceptors (Lipinski definition) is 6. The molecule has 0 radical (unpaired) electrons. The van der Waals surface area contributed by atoms with Crippen LogP contribution in [0.4, 0.5) is 0 Å². The van der Waals surface area contributed by atoms with E-state index in [4.69, 9.17) is 4.42 Å². The number of benzene rings is 2. The van der Waals surface area contributed by atoms with Crippen molar-refractivity contribution in [2.45, 2.75) is 44.0 Å². The van der Waals surface area contributed by atoms with E-state index >= 15 is 0 Å². The molecule has 7 heteroatoms. The molecule has 2 aromatic heterocycles. The van der Waals surface area contributed by atoms with E-state index in [2.05, 4.69) is 77.3 Å². The van der Waals surface area contributed by atoms with Crippen LogP contribution in [0.25, 0.3) is 22.8 Å². The first kappa shape index (κ1) is 19.4. The van der Waals surface area contributed by atoms with Crippen LogP contribution < -0.4 is 0 Å². The quantitative estimate of drug-likeness (QED) is 0.447. The van der Waals surface area contributed by atoms with Gasteiger partial charge in [-0.05, 0) is 36.1 Å². The highest BCUT2D eigenvalue weighted by Gasteiger charge is 2.15. The van der Waals surface area contributed by atoms with Gasteiger partial charge < -0.3 is 4.42 Å². The largest absolute Gasteiger partial charge is 0.420 e. The number of aromatic amines is 1. The van der Waals surface area contributed by atoms with Crippen LogP contribution >= 0.6 is 11.8 Å². The van der Waals surface area contributed by atoms with Gasteiger partial charge in [-0.15, -0.1) is 15.3 Å². The maximum atomic E-state index is 5.82. The average molecular weight is 406 g/mol. The maximum absolute atomic E-state index is 5.82. The van der Waals surface area contributed by atoms with Gasteiger partial charge in [0.25, 0.3) is 0 Å². The highest BCUT2D eigenvalue weighted by Crippen LogP contribution is 2.27. The smallest absolute Gasteiger partial charge is 0.247 e. The topological polar surface area (TPSA) is 80.5 Å². The lowest BCUT2D eigenvalue weighted by atomic mass is 9.87. The van der Waals surface area contributed by atoms with Crippen LogP contribution in [0.15, 0.2) is 58.1 Å². The van der Waals surface area contributed by atoms with Crippen molar-refractivity contribution in [1.82, 2.24) is 25.4 Å². The van der Waals surface area contributed by atoms with E-state index in [-0.39, 0.29) is 5.41 Å². The van der Waals surface area contributed by atoms with Gasteiger partial charge in [-0.2, -0.15) is 0 Å². The molecule has 0 fully saturated rings. The fraction of sp³-hybridized carbons (Fsp3) is 0.273. The Labute approximate surface area is 174 Å². The molecule has 0 aliphatic carbocycles. The number of nitrogens with one attached hydrogen (secondary N) is 1. The van der Waals surface area contributed by atoms with Crippen molar-refractivity contribution >= 4 is 11.8 Å². The third-order valence-corrected chi connectivity index (χ3v) is 5.38. The molecule has 6 nitrogen and oxygen atoms in total. The van der Waals surface area contributed by atoms with Crippen LogP contribution in [-0.4, -0.2) is 25.4 Å². The Morgan fingerprint density at radius 1 is 1.00 bits per heavy atom. The second-order valence-electron chi connectivity index (χ2n) is 7.95. The molecule has 0 spiro atoms. The Morgan fingerprint density at radius 2 is 1.79 bits per heavy atom. The first-order valence-corrected chi connectivity index (χ1v) is 10.4. The lowest BCUT2D eigenvalue weighted by Gasteiger charge is -2.18. The van der Waals surface area contributed by atoms with Gasteiger partial charge in [0.1, 0.15) is 0 Å². The monoisotopic (exact) mass is 405 g/mol. The van der Waals surface area contributed by atoms with Crippen molar-refractivity contribution in [3.8, 4) is 22.8 Å². The highest BCUT2D eigenvalue weighted by atomic mass is 32.2. The van der Waals surface area contributed by atoms with E-state index < -0.39 is 0 Å². The summed E-state index contributed by atoms with van der Waals surface area (Å²) in [6, 6.07) is 16.4. The minimum Gasteiger partial charge on any atom is -0.420 e. The summed E-state index contributed by atoms with van der Waals surface area (Å²) in [4.78, 5) is 4.54. The molecule has 29 heavy (non-hydrogen) atoms. The van der Waals surface area contributed by atoms with Gasteiger partial charge in [0.2, 0.25) is 16.9 Å². The standard InChI is InChI=1S/C22H23N5OS/c1-14-6-5-7-16(12-14)19-23-21(27-25-19)29-13-18-24-26-20(28-18)15-8-10-17(11-9-15)22(2,3)4/h5-12H,13H2,1-4H3,(H,23,25,27). The van der Waals surface area contributed by atoms with Gasteiger partial charge in [-0.25, -0.2) is 4.98 Å². The van der Waals surface area contributed by atoms with Gasteiger partial charge in [-0.1, -0.05) is 68.4 Å². The van der Waals surface area contributed by atoms with Crippen molar-refractivity contribution in [2.75, 3.05) is 0 Å². The second-order valence-corrected chi connectivity index (χ2v) is 8.90. The van der Waals surface area contributed by atoms with Crippen LogP contribution in [0.2, 0.25) is 0 Å². The molecular formula is C22H23N5OS. The predicted octanol–water partition coefficient (Wildman–Crippen LogP) is 5.42. The summed E-state index contributed by atoms with van der Waals surface area (Å²) in [7, 11) is 0. The van der Waals surface area contributed by atoms with E-state index in [9.17, 15) is 0 Å². The van der Waals surface area contributed by atoms with Crippen molar-refractivity contribution < 1.29 is 4.42 Å². The molecule has 0 saturated heterocycles. The van der Waals surface area contributed by atoms with Gasteiger partial charge in [0.15, 0.2) is 5.82 Å². The third-order valence-electron chi connectivity index (χ3n) is 4.55. The molecule has 0 bridgehead atoms. The Bertz CT molecular complexity index is 1110. The zero-order valence-electron chi connectivity index (χ0n) is 16.9. The summed E-state index contributed by atoms with van der Waals surface area (Å²) in [5.74, 6) is 2.34. The lowest BCUT2D eigenvalue weighted by molar-refractivity contribution is 0.528. The number of thioether (sulfide) groups is 1. The summed E-state index contributed by atoms with van der Waals surface area (Å²) in [6.07, 6.45) is 0. The molecule has 0 amide bonds. The van der Waals surface area contributed by atoms with Gasteiger partial charge in [0.05, 0.1) is 5.75 Å². The first-order chi connectivity index (χ1) is 13.9. The minimum absolute atomic E-state index is 0.114. The summed E-state index contributed by atoms with van der Waals surface area (Å²) < 4.78 is 5.82. The van der Waals surface area contributed by atoms with Crippen LogP contribution in [0.3, 0.4) is 0 Å². The van der Waals surface area contributed by atoms with Gasteiger partial charge in [0, 0.05) is 11.1 Å². The number of aryl methyl sites for hydroxylation is 1. The molecule has 2 aromatic carbocycles.